The van der Waals surface area contributed by atoms with Crippen molar-refractivity contribution in [2.24, 2.45) is 0 Å². The van der Waals surface area contributed by atoms with Crippen molar-refractivity contribution in [1.29, 1.82) is 0 Å². The molecule has 0 bridgehead atoms. The predicted molar refractivity (Wildman–Crippen MR) is 69.2 cm³/mol. The first-order valence-corrected chi connectivity index (χ1v) is 6.42. The molecule has 1 saturated carbocycles. The van der Waals surface area contributed by atoms with E-state index in [2.05, 4.69) is 51.8 Å². The van der Waals surface area contributed by atoms with Gasteiger partial charge in [-0.05, 0) is 60.1 Å². The summed E-state index contributed by atoms with van der Waals surface area (Å²) in [6.45, 7) is 2.09. The fraction of sp³-hybridized carbons (Fsp3) is 0.333. The van der Waals surface area contributed by atoms with Gasteiger partial charge in [-0.15, -0.1) is 10.2 Å². The lowest BCUT2D eigenvalue weighted by atomic mass is 10.1. The van der Waals surface area contributed by atoms with Gasteiger partial charge in [-0.2, -0.15) is 0 Å². The van der Waals surface area contributed by atoms with Crippen molar-refractivity contribution < 1.29 is 4.42 Å². The van der Waals surface area contributed by atoms with Crippen LogP contribution in [-0.2, 0) is 0 Å². The Morgan fingerprint density at radius 2 is 2.12 bits per heavy atom. The van der Waals surface area contributed by atoms with Crippen LogP contribution in [0.15, 0.2) is 22.6 Å². The molecule has 0 amide bonds. The third-order valence-electron chi connectivity index (χ3n) is 2.79. The van der Waals surface area contributed by atoms with E-state index in [-0.39, 0.29) is 0 Å². The second-order valence-electron chi connectivity index (χ2n) is 4.18. The van der Waals surface area contributed by atoms with E-state index in [0.717, 1.165) is 11.5 Å². The Kier molecular flexibility index (Phi) is 2.46. The summed E-state index contributed by atoms with van der Waals surface area (Å²) in [5.41, 5.74) is 2.28. The van der Waals surface area contributed by atoms with Gasteiger partial charge in [0.05, 0.1) is 0 Å². The molecule has 2 aromatic rings. The standard InChI is InChI=1S/C12H11IN2O/c1-7-2-3-9(6-10(7)13)12-15-14-11(16-12)8-4-5-8/h2-3,6,8H,4-5H2,1H3. The van der Waals surface area contributed by atoms with Crippen LogP contribution in [0.25, 0.3) is 11.5 Å². The number of hydrogen-bond acceptors (Lipinski definition) is 3. The average molecular weight is 326 g/mol. The van der Waals surface area contributed by atoms with Crippen LogP contribution in [0.1, 0.15) is 30.2 Å². The van der Waals surface area contributed by atoms with E-state index >= 15 is 0 Å². The highest BCUT2D eigenvalue weighted by Crippen LogP contribution is 2.40. The summed E-state index contributed by atoms with van der Waals surface area (Å²) < 4.78 is 6.89. The van der Waals surface area contributed by atoms with Crippen LogP contribution in [0.4, 0.5) is 0 Å². The lowest BCUT2D eigenvalue weighted by molar-refractivity contribution is 0.508. The molecule has 1 fully saturated rings. The molecule has 4 heteroatoms. The summed E-state index contributed by atoms with van der Waals surface area (Å²) in [5, 5.41) is 8.19. The highest BCUT2D eigenvalue weighted by molar-refractivity contribution is 14.1. The summed E-state index contributed by atoms with van der Waals surface area (Å²) in [5.74, 6) is 1.95. The summed E-state index contributed by atoms with van der Waals surface area (Å²) in [4.78, 5) is 0. The van der Waals surface area contributed by atoms with Gasteiger partial charge in [0.1, 0.15) is 0 Å². The lowest BCUT2D eigenvalue weighted by Gasteiger charge is -1.99. The SMILES string of the molecule is Cc1ccc(-c2nnc(C3CC3)o2)cc1I. The van der Waals surface area contributed by atoms with Gasteiger partial charge < -0.3 is 4.42 Å². The van der Waals surface area contributed by atoms with Crippen molar-refractivity contribution in [2.45, 2.75) is 25.7 Å². The van der Waals surface area contributed by atoms with Crippen molar-refractivity contribution >= 4 is 22.6 Å². The molecule has 16 heavy (non-hydrogen) atoms. The van der Waals surface area contributed by atoms with Crippen molar-refractivity contribution in [3.05, 3.63) is 33.2 Å². The van der Waals surface area contributed by atoms with E-state index in [9.17, 15) is 0 Å². The van der Waals surface area contributed by atoms with Crippen LogP contribution in [0.2, 0.25) is 0 Å². The summed E-state index contributed by atoms with van der Waals surface area (Å²) in [6.07, 6.45) is 2.38. The van der Waals surface area contributed by atoms with Gasteiger partial charge in [0.25, 0.3) is 0 Å². The van der Waals surface area contributed by atoms with Gasteiger partial charge in [-0.25, -0.2) is 0 Å². The van der Waals surface area contributed by atoms with Gasteiger partial charge in [-0.3, -0.25) is 0 Å². The van der Waals surface area contributed by atoms with E-state index in [1.165, 1.54) is 22.0 Å². The zero-order valence-corrected chi connectivity index (χ0v) is 11.1. The molecule has 1 aromatic heterocycles. The molecular formula is C12H11IN2O. The molecule has 1 aliphatic carbocycles. The first-order valence-electron chi connectivity index (χ1n) is 5.34. The van der Waals surface area contributed by atoms with Crippen molar-refractivity contribution in [3.8, 4) is 11.5 Å². The summed E-state index contributed by atoms with van der Waals surface area (Å²) in [7, 11) is 0. The molecule has 0 atom stereocenters. The van der Waals surface area contributed by atoms with Crippen molar-refractivity contribution in [1.82, 2.24) is 10.2 Å². The average Bonchev–Trinajstić information content (AvgIpc) is 3.01. The second kappa shape index (κ2) is 3.84. The molecule has 0 spiro atoms. The minimum Gasteiger partial charge on any atom is -0.420 e. The smallest absolute Gasteiger partial charge is 0.247 e. The van der Waals surface area contributed by atoms with Gasteiger partial charge in [0, 0.05) is 15.1 Å². The maximum atomic E-state index is 5.66. The molecule has 1 aliphatic rings. The number of halogens is 1. The Morgan fingerprint density at radius 1 is 1.31 bits per heavy atom. The van der Waals surface area contributed by atoms with Crippen LogP contribution in [0.3, 0.4) is 0 Å². The monoisotopic (exact) mass is 326 g/mol. The van der Waals surface area contributed by atoms with Crippen molar-refractivity contribution in [2.75, 3.05) is 0 Å². The lowest BCUT2D eigenvalue weighted by Crippen LogP contribution is -1.83. The Morgan fingerprint density at radius 3 is 2.81 bits per heavy atom. The van der Waals surface area contributed by atoms with Crippen LogP contribution in [-0.4, -0.2) is 10.2 Å². The van der Waals surface area contributed by atoms with Crippen LogP contribution >= 0.6 is 22.6 Å². The number of nitrogens with zero attached hydrogens (tertiary/aromatic N) is 2. The van der Waals surface area contributed by atoms with Crippen molar-refractivity contribution in [3.63, 3.8) is 0 Å². The Bertz CT molecular complexity index is 532. The fourth-order valence-electron chi connectivity index (χ4n) is 1.57. The zero-order chi connectivity index (χ0) is 11.1. The quantitative estimate of drug-likeness (QED) is 0.793. The Hall–Kier alpha value is -0.910. The maximum absolute atomic E-state index is 5.66. The molecule has 0 radical (unpaired) electrons. The molecule has 3 rings (SSSR count). The van der Waals surface area contributed by atoms with Gasteiger partial charge in [-0.1, -0.05) is 6.07 Å². The van der Waals surface area contributed by atoms with E-state index in [4.69, 9.17) is 4.42 Å². The van der Waals surface area contributed by atoms with Gasteiger partial charge in [0.2, 0.25) is 11.8 Å². The predicted octanol–water partition coefficient (Wildman–Crippen LogP) is 3.53. The largest absolute Gasteiger partial charge is 0.420 e. The highest BCUT2D eigenvalue weighted by atomic mass is 127. The molecular weight excluding hydrogens is 315 g/mol. The minimum absolute atomic E-state index is 0.519. The normalized spacial score (nSPS) is 15.4. The second-order valence-corrected chi connectivity index (χ2v) is 5.35. The molecule has 1 aromatic carbocycles. The van der Waals surface area contributed by atoms with Gasteiger partial charge >= 0.3 is 0 Å². The summed E-state index contributed by atoms with van der Waals surface area (Å²) >= 11 is 2.32. The number of aromatic nitrogens is 2. The molecule has 1 heterocycles. The number of rotatable bonds is 2. The molecule has 3 nitrogen and oxygen atoms in total. The first-order chi connectivity index (χ1) is 7.74. The highest BCUT2D eigenvalue weighted by Gasteiger charge is 2.29. The Labute approximate surface area is 107 Å². The molecule has 0 N–H and O–H groups in total. The van der Waals surface area contributed by atoms with Crippen LogP contribution in [0, 0.1) is 10.5 Å². The third kappa shape index (κ3) is 1.86. The minimum atomic E-state index is 0.519. The van der Waals surface area contributed by atoms with E-state index in [1.807, 2.05) is 6.07 Å². The molecule has 0 unspecified atom stereocenters. The van der Waals surface area contributed by atoms with E-state index in [1.54, 1.807) is 0 Å². The number of aryl methyl sites for hydroxylation is 1. The maximum Gasteiger partial charge on any atom is 0.247 e. The molecule has 0 aliphatic heterocycles. The Balaban J connectivity index is 1.97. The van der Waals surface area contributed by atoms with Crippen LogP contribution in [0.5, 0.6) is 0 Å². The molecule has 0 saturated heterocycles. The third-order valence-corrected chi connectivity index (χ3v) is 3.95. The van der Waals surface area contributed by atoms with Crippen LogP contribution < -0.4 is 0 Å². The molecule has 82 valence electrons. The number of hydrogen-bond donors (Lipinski definition) is 0. The number of benzene rings is 1. The zero-order valence-electron chi connectivity index (χ0n) is 8.90. The first kappa shape index (κ1) is 10.3. The van der Waals surface area contributed by atoms with Gasteiger partial charge in [0.15, 0.2) is 0 Å². The topological polar surface area (TPSA) is 38.9 Å². The summed E-state index contributed by atoms with van der Waals surface area (Å²) in [6, 6.07) is 6.19. The van der Waals surface area contributed by atoms with E-state index in [0.29, 0.717) is 11.8 Å². The fourth-order valence-corrected chi connectivity index (χ4v) is 2.09. The van der Waals surface area contributed by atoms with E-state index < -0.39 is 0 Å².